The number of carbonyl (C=O) groups excluding carboxylic acids is 1. The van der Waals surface area contributed by atoms with Crippen LogP contribution in [-0.4, -0.2) is 21.2 Å². The van der Waals surface area contributed by atoms with Gasteiger partial charge in [0, 0.05) is 12.7 Å². The highest BCUT2D eigenvalue weighted by Gasteiger charge is 2.47. The first-order valence-corrected chi connectivity index (χ1v) is 12.3. The molecular formula is C24H34O3Si. The Kier molecular flexibility index (Phi) is 7.61. The van der Waals surface area contributed by atoms with Gasteiger partial charge >= 0.3 is 0 Å². The van der Waals surface area contributed by atoms with E-state index >= 15 is 0 Å². The van der Waals surface area contributed by atoms with Gasteiger partial charge in [-0.1, -0.05) is 84.0 Å². The molecule has 0 heterocycles. The summed E-state index contributed by atoms with van der Waals surface area (Å²) in [6.07, 6.45) is -0.640. The Hall–Kier alpha value is -1.91. The van der Waals surface area contributed by atoms with Crippen LogP contribution in [0.2, 0.25) is 16.6 Å². The molecular weight excluding hydrogens is 364 g/mol. The van der Waals surface area contributed by atoms with Gasteiger partial charge in [0.25, 0.3) is 8.32 Å². The zero-order valence-electron chi connectivity index (χ0n) is 18.2. The van der Waals surface area contributed by atoms with E-state index in [9.17, 15) is 4.79 Å². The first-order chi connectivity index (χ1) is 13.2. The van der Waals surface area contributed by atoms with Crippen LogP contribution in [0.15, 0.2) is 54.6 Å². The number of carbonyl (C=O) groups is 1. The number of rotatable bonds is 9. The lowest BCUT2D eigenvalue weighted by Gasteiger charge is -2.42. The van der Waals surface area contributed by atoms with Crippen molar-refractivity contribution in [2.75, 3.05) is 7.11 Å². The third kappa shape index (κ3) is 4.56. The van der Waals surface area contributed by atoms with Crippen LogP contribution in [0.3, 0.4) is 0 Å². The van der Waals surface area contributed by atoms with E-state index in [0.29, 0.717) is 22.2 Å². The van der Waals surface area contributed by atoms with Gasteiger partial charge in [0.05, 0.1) is 0 Å². The molecule has 152 valence electrons. The second-order valence-corrected chi connectivity index (χ2v) is 13.7. The quantitative estimate of drug-likeness (QED) is 0.344. The van der Waals surface area contributed by atoms with Crippen molar-refractivity contribution < 1.29 is 14.0 Å². The van der Waals surface area contributed by atoms with E-state index < -0.39 is 14.4 Å². The summed E-state index contributed by atoms with van der Waals surface area (Å²) in [5, 5.41) is 0. The highest BCUT2D eigenvalue weighted by atomic mass is 28.4. The molecule has 0 saturated carbocycles. The topological polar surface area (TPSA) is 35.5 Å². The molecule has 0 aliphatic rings. The smallest absolute Gasteiger partial charge is 0.258 e. The van der Waals surface area contributed by atoms with Crippen molar-refractivity contribution in [1.29, 1.82) is 0 Å². The molecule has 1 unspecified atom stereocenters. The summed E-state index contributed by atoms with van der Waals surface area (Å²) in [6.45, 7) is 13.6. The van der Waals surface area contributed by atoms with Crippen LogP contribution in [0.25, 0.3) is 0 Å². The third-order valence-electron chi connectivity index (χ3n) is 5.69. The molecule has 2 aromatic rings. The predicted molar refractivity (Wildman–Crippen MR) is 119 cm³/mol. The fraction of sp³-hybridized carbons (Fsp3) is 0.458. The number of hydrogen-bond acceptors (Lipinski definition) is 3. The molecule has 0 spiro atoms. The normalized spacial score (nSPS) is 13.2. The lowest BCUT2D eigenvalue weighted by atomic mass is 10.00. The molecule has 28 heavy (non-hydrogen) atoms. The molecule has 0 saturated heterocycles. The molecule has 3 nitrogen and oxygen atoms in total. The van der Waals surface area contributed by atoms with Crippen LogP contribution >= 0.6 is 0 Å². The SMILES string of the molecule is COC(C(=O)c1ccccc1)c1cccc(O[Si](C(C)C)(C(C)C)C(C)C)c1. The van der Waals surface area contributed by atoms with Crippen LogP contribution < -0.4 is 4.43 Å². The van der Waals surface area contributed by atoms with Crippen molar-refractivity contribution in [3.8, 4) is 5.75 Å². The second-order valence-electron chi connectivity index (χ2n) is 8.34. The molecule has 2 rings (SSSR count). The van der Waals surface area contributed by atoms with E-state index in [1.807, 2.05) is 54.6 Å². The number of methoxy groups -OCH3 is 1. The maximum atomic E-state index is 12.9. The second kappa shape index (κ2) is 9.53. The van der Waals surface area contributed by atoms with Crippen LogP contribution in [0.5, 0.6) is 5.75 Å². The van der Waals surface area contributed by atoms with Crippen LogP contribution in [-0.2, 0) is 4.74 Å². The van der Waals surface area contributed by atoms with Crippen LogP contribution in [0.1, 0.15) is 63.6 Å². The Bertz CT molecular complexity index is 747. The first-order valence-electron chi connectivity index (χ1n) is 10.1. The molecule has 2 aromatic carbocycles. The summed E-state index contributed by atoms with van der Waals surface area (Å²) in [5.41, 5.74) is 2.94. The van der Waals surface area contributed by atoms with E-state index in [1.165, 1.54) is 0 Å². The molecule has 0 N–H and O–H groups in total. The van der Waals surface area contributed by atoms with Gasteiger partial charge < -0.3 is 9.16 Å². The summed E-state index contributed by atoms with van der Waals surface area (Å²) < 4.78 is 12.4. The lowest BCUT2D eigenvalue weighted by Crippen LogP contribution is -2.50. The van der Waals surface area contributed by atoms with Crippen molar-refractivity contribution in [3.63, 3.8) is 0 Å². The maximum absolute atomic E-state index is 12.9. The van der Waals surface area contributed by atoms with E-state index in [4.69, 9.17) is 9.16 Å². The zero-order valence-corrected chi connectivity index (χ0v) is 19.2. The van der Waals surface area contributed by atoms with Gasteiger partial charge in [0.1, 0.15) is 11.9 Å². The number of Topliss-reactive ketones (excluding diaryl/α,β-unsaturated/α-hetero) is 1. The van der Waals surface area contributed by atoms with Crippen molar-refractivity contribution in [3.05, 3.63) is 65.7 Å². The molecule has 0 aliphatic heterocycles. The Morgan fingerprint density at radius 3 is 1.89 bits per heavy atom. The summed E-state index contributed by atoms with van der Waals surface area (Å²) in [5.74, 6) is 0.795. The predicted octanol–water partition coefficient (Wildman–Crippen LogP) is 6.81. The summed E-state index contributed by atoms with van der Waals surface area (Å²) in [6, 6.07) is 17.1. The van der Waals surface area contributed by atoms with Crippen molar-refractivity contribution in [2.45, 2.75) is 64.3 Å². The molecule has 0 radical (unpaired) electrons. The van der Waals surface area contributed by atoms with Crippen molar-refractivity contribution >= 4 is 14.1 Å². The van der Waals surface area contributed by atoms with Crippen molar-refractivity contribution in [1.82, 2.24) is 0 Å². The molecule has 0 aliphatic carbocycles. The minimum Gasteiger partial charge on any atom is -0.543 e. The Balaban J connectivity index is 2.38. The highest BCUT2D eigenvalue weighted by molar-refractivity contribution is 6.78. The lowest BCUT2D eigenvalue weighted by molar-refractivity contribution is 0.0604. The number of benzene rings is 2. The summed E-state index contributed by atoms with van der Waals surface area (Å²) in [4.78, 5) is 12.9. The molecule has 0 amide bonds. The van der Waals surface area contributed by atoms with Gasteiger partial charge in [-0.05, 0) is 34.3 Å². The van der Waals surface area contributed by atoms with Crippen LogP contribution in [0, 0.1) is 0 Å². The highest BCUT2D eigenvalue weighted by Crippen LogP contribution is 2.43. The first kappa shape index (κ1) is 22.4. The Morgan fingerprint density at radius 2 is 1.39 bits per heavy atom. The van der Waals surface area contributed by atoms with Gasteiger partial charge in [-0.2, -0.15) is 0 Å². The Labute approximate surface area is 171 Å². The van der Waals surface area contributed by atoms with E-state index in [0.717, 1.165) is 11.3 Å². The van der Waals surface area contributed by atoms with E-state index in [-0.39, 0.29) is 5.78 Å². The average molecular weight is 399 g/mol. The fourth-order valence-electron chi connectivity index (χ4n) is 4.45. The van der Waals surface area contributed by atoms with Gasteiger partial charge in [-0.15, -0.1) is 0 Å². The van der Waals surface area contributed by atoms with Gasteiger partial charge in [-0.3, -0.25) is 4.79 Å². The van der Waals surface area contributed by atoms with Crippen molar-refractivity contribution in [2.24, 2.45) is 0 Å². The fourth-order valence-corrected chi connectivity index (χ4v) is 9.69. The monoisotopic (exact) mass is 398 g/mol. The minimum atomic E-state index is -2.05. The molecule has 0 fully saturated rings. The number of hydrogen-bond donors (Lipinski definition) is 0. The summed E-state index contributed by atoms with van der Waals surface area (Å²) in [7, 11) is -0.475. The zero-order chi connectivity index (χ0) is 20.9. The molecule has 0 bridgehead atoms. The van der Waals surface area contributed by atoms with Gasteiger partial charge in [0.2, 0.25) is 0 Å². The average Bonchev–Trinajstić information content (AvgIpc) is 2.66. The third-order valence-corrected chi connectivity index (χ3v) is 11.7. The van der Waals surface area contributed by atoms with Gasteiger partial charge in [0.15, 0.2) is 5.78 Å². The molecule has 4 heteroatoms. The van der Waals surface area contributed by atoms with E-state index in [2.05, 4.69) is 41.5 Å². The number of ketones is 1. The minimum absolute atomic E-state index is 0.0414. The maximum Gasteiger partial charge on any atom is 0.258 e. The van der Waals surface area contributed by atoms with E-state index in [1.54, 1.807) is 7.11 Å². The summed E-state index contributed by atoms with van der Waals surface area (Å²) >= 11 is 0. The van der Waals surface area contributed by atoms with Crippen LogP contribution in [0.4, 0.5) is 0 Å². The molecule has 1 atom stereocenters. The largest absolute Gasteiger partial charge is 0.543 e. The Morgan fingerprint density at radius 1 is 0.821 bits per heavy atom. The molecule has 0 aromatic heterocycles. The standard InChI is InChI=1S/C24H34O3Si/c1-17(2)28(18(3)4,19(5)6)27-22-15-11-14-21(16-22)24(26-7)23(25)20-12-9-8-10-13-20/h8-19,24H,1-7H3. The van der Waals surface area contributed by atoms with Gasteiger partial charge in [-0.25, -0.2) is 0 Å². The number of ether oxygens (including phenoxy) is 1.